The number of carbonyl (C=O) groups is 1. The number of carboxylic acids is 1. The van der Waals surface area contributed by atoms with Crippen LogP contribution in [0.15, 0.2) is 0 Å². The average molecular weight is 349 g/mol. The van der Waals surface area contributed by atoms with Crippen molar-refractivity contribution in [1.29, 1.82) is 0 Å². The first-order chi connectivity index (χ1) is 11.9. The Balaban J connectivity index is 1.21. The molecule has 5 rings (SSSR count). The smallest absolute Gasteiger partial charge is 0.307 e. The molecule has 0 radical (unpaired) electrons. The van der Waals surface area contributed by atoms with E-state index in [0.717, 1.165) is 44.4 Å². The summed E-state index contributed by atoms with van der Waals surface area (Å²) >= 11 is 0. The van der Waals surface area contributed by atoms with Crippen molar-refractivity contribution in [3.8, 4) is 0 Å². The molecular weight excluding hydrogens is 312 g/mol. The highest BCUT2D eigenvalue weighted by Crippen LogP contribution is 2.65. The molecule has 5 fully saturated rings. The SMILES string of the molecule is CC12CCC3(C)CC(C1)N(CCCCN1CCCC(C(=O)O)C1)CC23. The Morgan fingerprint density at radius 1 is 1.08 bits per heavy atom. The van der Waals surface area contributed by atoms with Crippen molar-refractivity contribution >= 4 is 5.97 Å². The average Bonchev–Trinajstić information content (AvgIpc) is 2.75. The van der Waals surface area contributed by atoms with E-state index in [0.29, 0.717) is 10.8 Å². The lowest BCUT2D eigenvalue weighted by molar-refractivity contribution is -0.143. The van der Waals surface area contributed by atoms with Crippen molar-refractivity contribution < 1.29 is 9.90 Å². The van der Waals surface area contributed by atoms with E-state index in [4.69, 9.17) is 0 Å². The van der Waals surface area contributed by atoms with E-state index in [2.05, 4.69) is 23.6 Å². The predicted molar refractivity (Wildman–Crippen MR) is 99.6 cm³/mol. The predicted octanol–water partition coefficient (Wildman–Crippen LogP) is 3.46. The second-order valence-corrected chi connectivity index (χ2v) is 10.1. The van der Waals surface area contributed by atoms with Gasteiger partial charge >= 0.3 is 5.97 Å². The number of piperidine rings is 3. The van der Waals surface area contributed by atoms with Crippen LogP contribution in [-0.2, 0) is 4.79 Å². The van der Waals surface area contributed by atoms with Crippen LogP contribution >= 0.6 is 0 Å². The quantitative estimate of drug-likeness (QED) is 0.747. The van der Waals surface area contributed by atoms with Crippen LogP contribution in [0.25, 0.3) is 0 Å². The first-order valence-electron chi connectivity index (χ1n) is 10.6. The van der Waals surface area contributed by atoms with E-state index in [1.807, 2.05) is 0 Å². The number of rotatable bonds is 6. The van der Waals surface area contributed by atoms with Crippen LogP contribution in [0.5, 0.6) is 0 Å². The number of aliphatic carboxylic acids is 1. The van der Waals surface area contributed by atoms with E-state index in [1.54, 1.807) is 0 Å². The summed E-state index contributed by atoms with van der Waals surface area (Å²) in [5, 5.41) is 9.21. The maximum absolute atomic E-state index is 11.2. The molecule has 0 aromatic heterocycles. The monoisotopic (exact) mass is 348 g/mol. The van der Waals surface area contributed by atoms with Crippen molar-refractivity contribution in [3.05, 3.63) is 0 Å². The van der Waals surface area contributed by atoms with Gasteiger partial charge in [-0.05, 0) is 87.7 Å². The fourth-order valence-electron chi connectivity index (χ4n) is 6.87. The number of likely N-dealkylation sites (tertiary alicyclic amines) is 1. The van der Waals surface area contributed by atoms with Gasteiger partial charge in [-0.1, -0.05) is 13.8 Å². The second kappa shape index (κ2) is 6.53. The molecule has 0 spiro atoms. The Morgan fingerprint density at radius 2 is 1.76 bits per heavy atom. The number of fused-ring (bicyclic) bond motifs is 1. The third-order valence-electron chi connectivity index (χ3n) is 8.31. The van der Waals surface area contributed by atoms with Gasteiger partial charge in [-0.3, -0.25) is 4.79 Å². The Bertz CT molecular complexity index is 504. The fourth-order valence-corrected chi connectivity index (χ4v) is 6.87. The molecule has 4 nitrogen and oxygen atoms in total. The molecule has 3 atom stereocenters. The summed E-state index contributed by atoms with van der Waals surface area (Å²) in [5.41, 5.74) is 1.27. The normalized spacial score (nSPS) is 44.3. The van der Waals surface area contributed by atoms with Crippen LogP contribution in [-0.4, -0.2) is 59.6 Å². The Morgan fingerprint density at radius 3 is 2.40 bits per heavy atom. The summed E-state index contributed by atoms with van der Waals surface area (Å²) < 4.78 is 0. The molecule has 1 N–H and O–H groups in total. The fraction of sp³-hybridized carbons (Fsp3) is 0.952. The van der Waals surface area contributed by atoms with Crippen molar-refractivity contribution in [2.24, 2.45) is 22.7 Å². The molecule has 3 aliphatic heterocycles. The molecule has 0 aromatic rings. The molecule has 25 heavy (non-hydrogen) atoms. The highest BCUT2D eigenvalue weighted by Gasteiger charge is 2.61. The maximum Gasteiger partial charge on any atom is 0.307 e. The van der Waals surface area contributed by atoms with Gasteiger partial charge in [0.15, 0.2) is 0 Å². The number of nitrogens with zero attached hydrogens (tertiary/aromatic N) is 2. The molecule has 0 aromatic carbocycles. The van der Waals surface area contributed by atoms with Gasteiger partial charge in [-0.2, -0.15) is 0 Å². The topological polar surface area (TPSA) is 43.8 Å². The first-order valence-corrected chi connectivity index (χ1v) is 10.6. The van der Waals surface area contributed by atoms with E-state index in [-0.39, 0.29) is 5.92 Å². The summed E-state index contributed by atoms with van der Waals surface area (Å²) in [4.78, 5) is 16.4. The molecule has 3 heterocycles. The summed E-state index contributed by atoms with van der Waals surface area (Å²) in [6.45, 7) is 10.6. The van der Waals surface area contributed by atoms with Crippen LogP contribution in [0.1, 0.15) is 65.2 Å². The van der Waals surface area contributed by atoms with Crippen LogP contribution in [0.4, 0.5) is 0 Å². The third-order valence-corrected chi connectivity index (χ3v) is 8.31. The van der Waals surface area contributed by atoms with Crippen LogP contribution in [0, 0.1) is 22.7 Å². The Hall–Kier alpha value is -0.610. The van der Waals surface area contributed by atoms with E-state index in [1.165, 1.54) is 51.6 Å². The minimum absolute atomic E-state index is 0.136. The zero-order chi connectivity index (χ0) is 17.7. The lowest BCUT2D eigenvalue weighted by Gasteiger charge is -2.58. The molecule has 0 amide bonds. The lowest BCUT2D eigenvalue weighted by Crippen LogP contribution is -2.59. The van der Waals surface area contributed by atoms with Gasteiger partial charge in [0.05, 0.1) is 5.92 Å². The lowest BCUT2D eigenvalue weighted by atomic mass is 9.57. The zero-order valence-corrected chi connectivity index (χ0v) is 16.2. The number of carboxylic acid groups (broad SMARTS) is 1. The number of unbranched alkanes of at least 4 members (excludes halogenated alkanes) is 1. The van der Waals surface area contributed by atoms with Crippen molar-refractivity contribution in [3.63, 3.8) is 0 Å². The highest BCUT2D eigenvalue weighted by atomic mass is 16.4. The van der Waals surface area contributed by atoms with Gasteiger partial charge in [-0.25, -0.2) is 0 Å². The maximum atomic E-state index is 11.2. The number of hydrogen-bond donors (Lipinski definition) is 1. The number of hydrogen-bond acceptors (Lipinski definition) is 3. The first kappa shape index (κ1) is 17.8. The van der Waals surface area contributed by atoms with Crippen LogP contribution in [0.2, 0.25) is 0 Å². The van der Waals surface area contributed by atoms with Crippen LogP contribution < -0.4 is 0 Å². The third kappa shape index (κ3) is 3.25. The molecule has 3 unspecified atom stereocenters. The second-order valence-electron chi connectivity index (χ2n) is 10.1. The molecule has 5 aliphatic rings. The van der Waals surface area contributed by atoms with Gasteiger partial charge in [0.25, 0.3) is 0 Å². The van der Waals surface area contributed by atoms with Gasteiger partial charge < -0.3 is 14.9 Å². The summed E-state index contributed by atoms with van der Waals surface area (Å²) in [6, 6.07) is 0.828. The Labute approximate surface area is 152 Å². The standard InChI is InChI=1S/C21H36N2O2/c1-20-7-8-21(2)13-17(12-20)23(15-18(20)21)11-4-3-9-22-10-5-6-16(14-22)19(24)25/h16-18H,3-15H2,1-2H3,(H,24,25). The summed E-state index contributed by atoms with van der Waals surface area (Å²) in [5.74, 6) is 0.178. The van der Waals surface area contributed by atoms with Gasteiger partial charge in [0.1, 0.15) is 0 Å². The summed E-state index contributed by atoms with van der Waals surface area (Å²) in [7, 11) is 0. The molecular formula is C21H36N2O2. The van der Waals surface area contributed by atoms with E-state index < -0.39 is 5.97 Å². The van der Waals surface area contributed by atoms with Crippen molar-refractivity contribution in [2.75, 3.05) is 32.7 Å². The van der Waals surface area contributed by atoms with Gasteiger partial charge in [0.2, 0.25) is 0 Å². The van der Waals surface area contributed by atoms with E-state index in [9.17, 15) is 9.90 Å². The van der Waals surface area contributed by atoms with Crippen LogP contribution in [0.3, 0.4) is 0 Å². The van der Waals surface area contributed by atoms with Crippen molar-refractivity contribution in [2.45, 2.75) is 71.3 Å². The largest absolute Gasteiger partial charge is 0.481 e. The Kier molecular flexibility index (Phi) is 4.64. The zero-order valence-electron chi connectivity index (χ0n) is 16.2. The molecule has 2 saturated carbocycles. The molecule has 4 heteroatoms. The summed E-state index contributed by atoms with van der Waals surface area (Å²) in [6.07, 6.45) is 10.2. The van der Waals surface area contributed by atoms with Crippen molar-refractivity contribution in [1.82, 2.24) is 9.80 Å². The van der Waals surface area contributed by atoms with Gasteiger partial charge in [0, 0.05) is 19.1 Å². The molecule has 142 valence electrons. The van der Waals surface area contributed by atoms with Gasteiger partial charge in [-0.15, -0.1) is 0 Å². The van der Waals surface area contributed by atoms with E-state index >= 15 is 0 Å². The minimum Gasteiger partial charge on any atom is -0.481 e. The molecule has 3 saturated heterocycles. The molecule has 2 aliphatic carbocycles. The minimum atomic E-state index is -0.606. The highest BCUT2D eigenvalue weighted by molar-refractivity contribution is 5.70. The molecule has 4 bridgehead atoms.